The summed E-state index contributed by atoms with van der Waals surface area (Å²) in [4.78, 5) is 0. The van der Waals surface area contributed by atoms with E-state index >= 15 is 0 Å². The molecule has 0 saturated carbocycles. The number of ether oxygens (including phenoxy) is 1. The van der Waals surface area contributed by atoms with Crippen LogP contribution in [0.1, 0.15) is 6.92 Å². The molecule has 0 unspecified atom stereocenters. The Hall–Kier alpha value is -0.920. The first-order valence-electron chi connectivity index (χ1n) is 1.90. The van der Waals surface area contributed by atoms with Crippen LogP contribution in [0.15, 0.2) is 24.8 Å². The average molecular weight is 99.1 g/mol. The van der Waals surface area contributed by atoms with Crippen LogP contribution in [0.3, 0.4) is 0 Å². The van der Waals surface area contributed by atoms with Crippen LogP contribution in [0.5, 0.6) is 0 Å². The van der Waals surface area contributed by atoms with Gasteiger partial charge in [-0.25, -0.2) is 0 Å². The Morgan fingerprint density at radius 2 is 2.00 bits per heavy atom. The Labute approximate surface area is 43.3 Å². The normalized spacial score (nSPS) is 7.57. The quantitative estimate of drug-likeness (QED) is 0.523. The molecule has 0 aromatic rings. The topological polar surface area (TPSA) is 35.2 Å². The Morgan fingerprint density at radius 3 is 2.00 bits per heavy atom. The van der Waals surface area contributed by atoms with E-state index in [1.54, 1.807) is 6.92 Å². The maximum absolute atomic E-state index is 5.02. The minimum atomic E-state index is 0.188. The first kappa shape index (κ1) is 6.08. The first-order valence-corrected chi connectivity index (χ1v) is 1.90. The van der Waals surface area contributed by atoms with Gasteiger partial charge in [0.25, 0.3) is 0 Å². The second-order valence-electron chi connectivity index (χ2n) is 1.27. The van der Waals surface area contributed by atoms with Crippen LogP contribution in [-0.2, 0) is 4.74 Å². The summed E-state index contributed by atoms with van der Waals surface area (Å²) in [6.07, 6.45) is 0. The minimum absolute atomic E-state index is 0.188. The van der Waals surface area contributed by atoms with Crippen molar-refractivity contribution >= 4 is 0 Å². The molecule has 0 aliphatic rings. The molecule has 0 radical (unpaired) electrons. The van der Waals surface area contributed by atoms with E-state index in [0.717, 1.165) is 0 Å². The van der Waals surface area contributed by atoms with Crippen molar-refractivity contribution in [2.24, 2.45) is 5.73 Å². The van der Waals surface area contributed by atoms with Gasteiger partial charge in [0.15, 0.2) is 5.88 Å². The van der Waals surface area contributed by atoms with Gasteiger partial charge in [0.2, 0.25) is 0 Å². The lowest BCUT2D eigenvalue weighted by Gasteiger charge is -1.98. The first-order chi connectivity index (χ1) is 3.13. The molecule has 0 spiro atoms. The van der Waals surface area contributed by atoms with Gasteiger partial charge in [-0.2, -0.15) is 0 Å². The Kier molecular flexibility index (Phi) is 1.99. The highest BCUT2D eigenvalue weighted by atomic mass is 16.5. The van der Waals surface area contributed by atoms with Crippen molar-refractivity contribution in [2.75, 3.05) is 0 Å². The van der Waals surface area contributed by atoms with E-state index in [-0.39, 0.29) is 5.88 Å². The zero-order valence-corrected chi connectivity index (χ0v) is 4.40. The SMILES string of the molecule is C=C(C)OC(=C)N. The molecule has 0 fully saturated rings. The lowest BCUT2D eigenvalue weighted by molar-refractivity contribution is 0.307. The van der Waals surface area contributed by atoms with Gasteiger partial charge in [-0.1, -0.05) is 6.58 Å². The maximum atomic E-state index is 5.02. The highest BCUT2D eigenvalue weighted by Crippen LogP contribution is 1.92. The van der Waals surface area contributed by atoms with Crippen molar-refractivity contribution in [3.8, 4) is 0 Å². The summed E-state index contributed by atoms with van der Waals surface area (Å²) < 4.78 is 4.64. The highest BCUT2D eigenvalue weighted by molar-refractivity contribution is 4.84. The molecular formula is C5H9NO. The Morgan fingerprint density at radius 1 is 1.57 bits per heavy atom. The van der Waals surface area contributed by atoms with E-state index in [2.05, 4.69) is 17.9 Å². The molecule has 0 saturated heterocycles. The summed E-state index contributed by atoms with van der Waals surface area (Å²) in [5.41, 5.74) is 5.02. The van der Waals surface area contributed by atoms with E-state index in [1.165, 1.54) is 0 Å². The van der Waals surface area contributed by atoms with Crippen molar-refractivity contribution in [1.29, 1.82) is 0 Å². The lowest BCUT2D eigenvalue weighted by Crippen LogP contribution is -1.97. The van der Waals surface area contributed by atoms with Gasteiger partial charge in [0.05, 0.1) is 5.76 Å². The average Bonchev–Trinajstić information content (AvgIpc) is 1.27. The van der Waals surface area contributed by atoms with E-state index in [9.17, 15) is 0 Å². The fraction of sp³-hybridized carbons (Fsp3) is 0.200. The smallest absolute Gasteiger partial charge is 0.183 e. The molecule has 0 heterocycles. The van der Waals surface area contributed by atoms with Crippen LogP contribution in [0.2, 0.25) is 0 Å². The van der Waals surface area contributed by atoms with Gasteiger partial charge in [-0.3, -0.25) is 0 Å². The van der Waals surface area contributed by atoms with Gasteiger partial charge in [-0.15, -0.1) is 0 Å². The maximum Gasteiger partial charge on any atom is 0.183 e. The second kappa shape index (κ2) is 2.29. The molecule has 0 bridgehead atoms. The summed E-state index contributed by atoms with van der Waals surface area (Å²) in [6, 6.07) is 0. The molecule has 0 amide bonds. The van der Waals surface area contributed by atoms with Crippen LogP contribution in [0, 0.1) is 0 Å². The van der Waals surface area contributed by atoms with Crippen LogP contribution < -0.4 is 5.73 Å². The summed E-state index contributed by atoms with van der Waals surface area (Å²) in [5.74, 6) is 0.750. The van der Waals surface area contributed by atoms with Crippen LogP contribution in [0.25, 0.3) is 0 Å². The molecule has 2 nitrogen and oxygen atoms in total. The summed E-state index contributed by atoms with van der Waals surface area (Å²) in [7, 11) is 0. The predicted molar refractivity (Wildman–Crippen MR) is 29.2 cm³/mol. The van der Waals surface area contributed by atoms with Crippen molar-refractivity contribution < 1.29 is 4.74 Å². The van der Waals surface area contributed by atoms with E-state index in [1.807, 2.05) is 0 Å². The van der Waals surface area contributed by atoms with E-state index in [4.69, 9.17) is 5.73 Å². The fourth-order valence-electron chi connectivity index (χ4n) is 0.224. The summed E-state index contributed by atoms with van der Waals surface area (Å²) in [6.45, 7) is 8.43. The largest absolute Gasteiger partial charge is 0.448 e. The van der Waals surface area contributed by atoms with Gasteiger partial charge in [0.1, 0.15) is 0 Å². The van der Waals surface area contributed by atoms with Crippen LogP contribution >= 0.6 is 0 Å². The Balaban J connectivity index is 3.32. The zero-order valence-electron chi connectivity index (χ0n) is 4.40. The molecule has 7 heavy (non-hydrogen) atoms. The molecule has 0 aliphatic heterocycles. The molecule has 2 heteroatoms. The zero-order chi connectivity index (χ0) is 5.86. The van der Waals surface area contributed by atoms with Gasteiger partial charge < -0.3 is 10.5 Å². The Bertz CT molecular complexity index is 84.3. The predicted octanol–water partition coefficient (Wildman–Crippen LogP) is 0.966. The third-order valence-corrected chi connectivity index (χ3v) is 0.305. The van der Waals surface area contributed by atoms with E-state index < -0.39 is 0 Å². The minimum Gasteiger partial charge on any atom is -0.448 e. The number of allylic oxidation sites excluding steroid dienone is 1. The number of hydrogen-bond donors (Lipinski definition) is 1. The van der Waals surface area contributed by atoms with Crippen molar-refractivity contribution in [2.45, 2.75) is 6.92 Å². The molecule has 0 aromatic carbocycles. The molecular weight excluding hydrogens is 90.1 g/mol. The lowest BCUT2D eigenvalue weighted by atomic mass is 10.7. The summed E-state index contributed by atoms with van der Waals surface area (Å²) in [5, 5.41) is 0. The van der Waals surface area contributed by atoms with E-state index in [0.29, 0.717) is 5.76 Å². The monoisotopic (exact) mass is 99.1 g/mol. The molecule has 0 rings (SSSR count). The summed E-state index contributed by atoms with van der Waals surface area (Å²) >= 11 is 0. The highest BCUT2D eigenvalue weighted by Gasteiger charge is 1.81. The second-order valence-corrected chi connectivity index (χ2v) is 1.27. The van der Waals surface area contributed by atoms with Crippen molar-refractivity contribution in [1.82, 2.24) is 0 Å². The number of nitrogens with two attached hydrogens (primary N) is 1. The third-order valence-electron chi connectivity index (χ3n) is 0.305. The van der Waals surface area contributed by atoms with Crippen molar-refractivity contribution in [3.63, 3.8) is 0 Å². The molecule has 0 atom stereocenters. The standard InChI is InChI=1S/C5H9NO/c1-4(2)7-5(3)6/h1,3,6H2,2H3. The van der Waals surface area contributed by atoms with Crippen LogP contribution in [0.4, 0.5) is 0 Å². The van der Waals surface area contributed by atoms with Crippen molar-refractivity contribution in [3.05, 3.63) is 24.8 Å². The van der Waals surface area contributed by atoms with Gasteiger partial charge in [-0.05, 0) is 13.5 Å². The third kappa shape index (κ3) is 5.08. The molecule has 2 N–H and O–H groups in total. The molecule has 40 valence electrons. The number of hydrogen-bond acceptors (Lipinski definition) is 2. The molecule has 0 aromatic heterocycles. The fourth-order valence-corrected chi connectivity index (χ4v) is 0.224. The molecule has 0 aliphatic carbocycles. The van der Waals surface area contributed by atoms with Crippen LogP contribution in [-0.4, -0.2) is 0 Å². The number of rotatable bonds is 2. The van der Waals surface area contributed by atoms with Gasteiger partial charge in [0, 0.05) is 0 Å². The van der Waals surface area contributed by atoms with Gasteiger partial charge >= 0.3 is 0 Å².